The van der Waals surface area contributed by atoms with Crippen LogP contribution in [0.2, 0.25) is 5.02 Å². The van der Waals surface area contributed by atoms with Crippen LogP contribution in [0.25, 0.3) is 11.3 Å². The first-order valence-corrected chi connectivity index (χ1v) is 12.0. The third-order valence-electron chi connectivity index (χ3n) is 5.09. The molecule has 11 heteroatoms. The average molecular weight is 518 g/mol. The van der Waals surface area contributed by atoms with Gasteiger partial charge in [-0.15, -0.1) is 0 Å². The molecule has 1 aromatic carbocycles. The van der Waals surface area contributed by atoms with Crippen molar-refractivity contribution < 1.29 is 27.3 Å². The molecule has 0 aliphatic carbocycles. The quantitative estimate of drug-likeness (QED) is 0.348. The van der Waals surface area contributed by atoms with Crippen LogP contribution in [0.1, 0.15) is 23.0 Å². The molecule has 0 spiro atoms. The molecule has 0 saturated carbocycles. The molecule has 3 unspecified atom stereocenters. The van der Waals surface area contributed by atoms with Crippen molar-refractivity contribution >= 4 is 54.8 Å². The number of carbonyl (C=O) groups is 3. The van der Waals surface area contributed by atoms with Gasteiger partial charge in [-0.05, 0) is 26.0 Å². The maximum absolute atomic E-state index is 13.2. The number of sulfone groups is 1. The number of hydrogen-bond donors (Lipinski definition) is 0. The van der Waals surface area contributed by atoms with Crippen LogP contribution in [0, 0.1) is 12.8 Å². The van der Waals surface area contributed by atoms with Gasteiger partial charge in [0.1, 0.15) is 0 Å². The van der Waals surface area contributed by atoms with Crippen molar-refractivity contribution in [3.05, 3.63) is 34.5 Å². The van der Waals surface area contributed by atoms with E-state index in [0.717, 1.165) is 6.26 Å². The SMILES string of the molecule is Cc1cc(-c2c(S(C)(=O)=O)ccc(C(=O)C3C(=O)C(Br)C(C)N(C)C3=O)c2Cl)on1. The highest BCUT2D eigenvalue weighted by Gasteiger charge is 2.48. The predicted octanol–water partition coefficient (Wildman–Crippen LogP) is 2.70. The summed E-state index contributed by atoms with van der Waals surface area (Å²) in [6.45, 7) is 3.33. The number of amides is 1. The van der Waals surface area contributed by atoms with Crippen LogP contribution in [-0.2, 0) is 19.4 Å². The molecule has 1 saturated heterocycles. The largest absolute Gasteiger partial charge is 0.356 e. The van der Waals surface area contributed by atoms with Crippen LogP contribution in [0.4, 0.5) is 0 Å². The molecule has 1 aromatic heterocycles. The molecule has 3 rings (SSSR count). The van der Waals surface area contributed by atoms with E-state index in [1.54, 1.807) is 13.8 Å². The van der Waals surface area contributed by atoms with Crippen molar-refractivity contribution in [2.24, 2.45) is 5.92 Å². The number of halogens is 2. The Morgan fingerprint density at radius 1 is 1.30 bits per heavy atom. The van der Waals surface area contributed by atoms with Gasteiger partial charge < -0.3 is 9.42 Å². The summed E-state index contributed by atoms with van der Waals surface area (Å²) in [5.74, 6) is -3.56. The Balaban J connectivity index is 2.19. The maximum atomic E-state index is 13.2. The maximum Gasteiger partial charge on any atom is 0.241 e. The first kappa shape index (κ1) is 22.6. The number of likely N-dealkylation sites (tertiary alicyclic amines) is 1. The minimum absolute atomic E-state index is 0.0431. The second-order valence-electron chi connectivity index (χ2n) is 7.20. The van der Waals surface area contributed by atoms with Gasteiger partial charge in [0.15, 0.2) is 33.1 Å². The molecule has 2 aromatic rings. The van der Waals surface area contributed by atoms with E-state index in [4.69, 9.17) is 16.1 Å². The minimum atomic E-state index is -3.74. The van der Waals surface area contributed by atoms with Gasteiger partial charge in [0.05, 0.1) is 26.0 Å². The summed E-state index contributed by atoms with van der Waals surface area (Å²) in [4.78, 5) is 39.1. The molecule has 3 atom stereocenters. The number of benzene rings is 1. The van der Waals surface area contributed by atoms with Crippen molar-refractivity contribution in [1.82, 2.24) is 10.1 Å². The van der Waals surface area contributed by atoms with E-state index in [0.29, 0.717) is 5.69 Å². The van der Waals surface area contributed by atoms with E-state index in [9.17, 15) is 22.8 Å². The van der Waals surface area contributed by atoms with Gasteiger partial charge in [0.2, 0.25) is 5.91 Å². The van der Waals surface area contributed by atoms with Gasteiger partial charge in [-0.2, -0.15) is 0 Å². The van der Waals surface area contributed by atoms with E-state index >= 15 is 0 Å². The van der Waals surface area contributed by atoms with Crippen molar-refractivity contribution in [2.45, 2.75) is 29.6 Å². The fraction of sp³-hybridized carbons (Fsp3) is 0.368. The average Bonchev–Trinajstić information content (AvgIpc) is 3.09. The Morgan fingerprint density at radius 3 is 2.47 bits per heavy atom. The molecule has 0 N–H and O–H groups in total. The highest BCUT2D eigenvalue weighted by atomic mass is 79.9. The molecule has 1 aliphatic rings. The number of rotatable bonds is 4. The van der Waals surface area contributed by atoms with Gasteiger partial charge >= 0.3 is 0 Å². The first-order chi connectivity index (χ1) is 13.9. The van der Waals surface area contributed by atoms with Crippen LogP contribution in [0.15, 0.2) is 27.6 Å². The summed E-state index contributed by atoms with van der Waals surface area (Å²) in [6, 6.07) is 3.46. The van der Waals surface area contributed by atoms with Crippen LogP contribution in [0.5, 0.6) is 0 Å². The van der Waals surface area contributed by atoms with Crippen molar-refractivity contribution in [1.29, 1.82) is 0 Å². The van der Waals surface area contributed by atoms with Crippen molar-refractivity contribution in [2.75, 3.05) is 13.3 Å². The fourth-order valence-electron chi connectivity index (χ4n) is 3.28. The zero-order valence-corrected chi connectivity index (χ0v) is 19.6. The molecule has 0 radical (unpaired) electrons. The third-order valence-corrected chi connectivity index (χ3v) is 7.84. The number of aromatic nitrogens is 1. The standard InChI is InChI=1S/C19H18BrClN2O6S/c1-8-7-11(29-22-8)13-12(30(4,27)28)6-5-10(16(13)21)17(24)14-18(25)15(20)9(2)23(3)19(14)26/h5-7,9,14-15H,1-4H3. The zero-order valence-electron chi connectivity index (χ0n) is 16.5. The molecular formula is C19H18BrClN2O6S. The molecule has 0 bridgehead atoms. The van der Waals surface area contributed by atoms with Gasteiger partial charge in [-0.3, -0.25) is 14.4 Å². The van der Waals surface area contributed by atoms with Crippen molar-refractivity contribution in [3.63, 3.8) is 0 Å². The number of piperidine rings is 1. The lowest BCUT2D eigenvalue weighted by atomic mass is 9.85. The Bertz CT molecular complexity index is 1150. The number of carbonyl (C=O) groups excluding carboxylic acids is 3. The Kier molecular flexibility index (Phi) is 5.96. The summed E-state index contributed by atoms with van der Waals surface area (Å²) in [6.07, 6.45) is 0.993. The number of Topliss-reactive ketones (excluding diaryl/α,β-unsaturated/α-hetero) is 2. The normalized spacial score (nSPS) is 22.5. The zero-order chi connectivity index (χ0) is 22.5. The summed E-state index contributed by atoms with van der Waals surface area (Å²) in [5.41, 5.74) is 0.286. The molecule has 30 heavy (non-hydrogen) atoms. The number of ketones is 2. The second kappa shape index (κ2) is 7.90. The molecular weight excluding hydrogens is 500 g/mol. The number of aryl methyl sites for hydroxylation is 1. The van der Waals surface area contributed by atoms with Crippen LogP contribution in [0.3, 0.4) is 0 Å². The van der Waals surface area contributed by atoms with Crippen LogP contribution in [-0.4, -0.2) is 60.1 Å². The lowest BCUT2D eigenvalue weighted by Gasteiger charge is -2.36. The monoisotopic (exact) mass is 516 g/mol. The van der Waals surface area contributed by atoms with E-state index in [1.807, 2.05) is 0 Å². The Hall–Kier alpha value is -2.04. The first-order valence-electron chi connectivity index (χ1n) is 8.81. The van der Waals surface area contributed by atoms with Gasteiger partial charge in [0.25, 0.3) is 0 Å². The molecule has 1 aliphatic heterocycles. The smallest absolute Gasteiger partial charge is 0.241 e. The molecule has 8 nitrogen and oxygen atoms in total. The summed E-state index contributed by atoms with van der Waals surface area (Å²) in [7, 11) is -2.24. The highest BCUT2D eigenvalue weighted by Crippen LogP contribution is 2.39. The molecule has 2 heterocycles. The Morgan fingerprint density at radius 2 is 1.93 bits per heavy atom. The topological polar surface area (TPSA) is 115 Å². The molecule has 1 fully saturated rings. The third kappa shape index (κ3) is 3.72. The van der Waals surface area contributed by atoms with E-state index in [1.165, 1.54) is 30.1 Å². The summed E-state index contributed by atoms with van der Waals surface area (Å²) in [5, 5.41) is 3.51. The van der Waals surface area contributed by atoms with Crippen LogP contribution < -0.4 is 0 Å². The lowest BCUT2D eigenvalue weighted by Crippen LogP contribution is -2.57. The van der Waals surface area contributed by atoms with Gasteiger partial charge in [-0.1, -0.05) is 32.7 Å². The number of nitrogens with zero attached hydrogens (tertiary/aromatic N) is 2. The highest BCUT2D eigenvalue weighted by molar-refractivity contribution is 9.10. The summed E-state index contributed by atoms with van der Waals surface area (Å²) >= 11 is 9.70. The summed E-state index contributed by atoms with van der Waals surface area (Å²) < 4.78 is 29.7. The fourth-order valence-corrected chi connectivity index (χ4v) is 5.20. The van der Waals surface area contributed by atoms with Gasteiger partial charge in [0, 0.05) is 31.0 Å². The predicted molar refractivity (Wildman–Crippen MR) is 113 cm³/mol. The minimum Gasteiger partial charge on any atom is -0.356 e. The lowest BCUT2D eigenvalue weighted by molar-refractivity contribution is -0.144. The van der Waals surface area contributed by atoms with E-state index in [-0.39, 0.29) is 26.8 Å². The second-order valence-corrected chi connectivity index (χ2v) is 10.5. The number of hydrogen-bond acceptors (Lipinski definition) is 7. The van der Waals surface area contributed by atoms with Crippen LogP contribution >= 0.6 is 27.5 Å². The Labute approximate surface area is 186 Å². The van der Waals surface area contributed by atoms with Gasteiger partial charge in [-0.25, -0.2) is 8.42 Å². The van der Waals surface area contributed by atoms with Crippen molar-refractivity contribution in [3.8, 4) is 11.3 Å². The molecule has 160 valence electrons. The van der Waals surface area contributed by atoms with E-state index in [2.05, 4.69) is 21.1 Å². The van der Waals surface area contributed by atoms with E-state index < -0.39 is 44.1 Å². The number of alkyl halides is 1. The molecule has 1 amide bonds.